The Labute approximate surface area is 109 Å². The lowest BCUT2D eigenvalue weighted by Crippen LogP contribution is -2.49. The molecule has 1 amide bonds. The van der Waals surface area contributed by atoms with Crippen molar-refractivity contribution in [3.63, 3.8) is 0 Å². The molecule has 0 radical (unpaired) electrons. The molecule has 0 aromatic carbocycles. The Balaban J connectivity index is 1.85. The fraction of sp³-hybridized carbons (Fsp3) is 0.900. The van der Waals surface area contributed by atoms with Crippen molar-refractivity contribution >= 4 is 26.5 Å². The van der Waals surface area contributed by atoms with Crippen molar-refractivity contribution in [3.05, 3.63) is 0 Å². The lowest BCUT2D eigenvalue weighted by atomic mass is 10.2. The van der Waals surface area contributed by atoms with Crippen LogP contribution in [0.2, 0.25) is 0 Å². The Morgan fingerprint density at radius 1 is 1.33 bits per heavy atom. The minimum absolute atomic E-state index is 0.0402. The minimum atomic E-state index is -3.00. The maximum Gasteiger partial charge on any atom is 0.224 e. The number of hydrogen-bond donors (Lipinski definition) is 1. The number of nitrogens with zero attached hydrogens (tertiary/aromatic N) is 1. The highest BCUT2D eigenvalue weighted by molar-refractivity contribution is 7.91. The van der Waals surface area contributed by atoms with E-state index in [2.05, 4.69) is 5.32 Å². The molecule has 0 spiro atoms. The van der Waals surface area contributed by atoms with Crippen LogP contribution in [0.25, 0.3) is 0 Å². The monoisotopic (exact) mass is 294 g/mol. The quantitative estimate of drug-likeness (QED) is 0.660. The fourth-order valence-electron chi connectivity index (χ4n) is 2.23. The van der Waals surface area contributed by atoms with Crippen molar-refractivity contribution in [1.29, 1.82) is 0 Å². The van der Waals surface area contributed by atoms with Gasteiger partial charge in [0.1, 0.15) is 0 Å². The summed E-state index contributed by atoms with van der Waals surface area (Å²) >= 11 is 0. The van der Waals surface area contributed by atoms with E-state index >= 15 is 0 Å². The zero-order valence-electron chi connectivity index (χ0n) is 10.1. The molecule has 2 aliphatic heterocycles. The van der Waals surface area contributed by atoms with Gasteiger partial charge in [-0.3, -0.25) is 9.00 Å². The first kappa shape index (κ1) is 14.0. The molecule has 18 heavy (non-hydrogen) atoms. The molecule has 0 saturated carbocycles. The van der Waals surface area contributed by atoms with Gasteiger partial charge in [-0.25, -0.2) is 8.42 Å². The van der Waals surface area contributed by atoms with Gasteiger partial charge in [0.15, 0.2) is 9.84 Å². The van der Waals surface area contributed by atoms with Crippen molar-refractivity contribution in [2.45, 2.75) is 12.5 Å². The molecule has 2 fully saturated rings. The Morgan fingerprint density at radius 2 is 2.00 bits per heavy atom. The summed E-state index contributed by atoms with van der Waals surface area (Å²) in [5.41, 5.74) is 0. The minimum Gasteiger partial charge on any atom is -0.341 e. The van der Waals surface area contributed by atoms with Crippen molar-refractivity contribution in [3.8, 4) is 0 Å². The number of rotatable bonds is 2. The van der Waals surface area contributed by atoms with Gasteiger partial charge in [-0.15, -0.1) is 0 Å². The van der Waals surface area contributed by atoms with Crippen LogP contribution in [0.5, 0.6) is 0 Å². The summed E-state index contributed by atoms with van der Waals surface area (Å²) in [6, 6.07) is -0.274. The summed E-state index contributed by atoms with van der Waals surface area (Å²) < 4.78 is 34.1. The van der Waals surface area contributed by atoms with Gasteiger partial charge in [0.05, 0.1) is 11.5 Å². The van der Waals surface area contributed by atoms with Gasteiger partial charge >= 0.3 is 0 Å². The lowest BCUT2D eigenvalue weighted by molar-refractivity contribution is -0.131. The van der Waals surface area contributed by atoms with E-state index in [4.69, 9.17) is 0 Å². The number of sulfone groups is 1. The van der Waals surface area contributed by atoms with Crippen LogP contribution in [0, 0.1) is 0 Å². The predicted octanol–water partition coefficient (Wildman–Crippen LogP) is -1.65. The average molecular weight is 294 g/mol. The highest BCUT2D eigenvalue weighted by Crippen LogP contribution is 2.09. The number of nitrogens with one attached hydrogen (secondary N) is 1. The van der Waals surface area contributed by atoms with Crippen LogP contribution in [0.15, 0.2) is 0 Å². The Morgan fingerprint density at radius 3 is 2.61 bits per heavy atom. The van der Waals surface area contributed by atoms with E-state index in [1.54, 1.807) is 4.90 Å². The predicted molar refractivity (Wildman–Crippen MR) is 69.5 cm³/mol. The van der Waals surface area contributed by atoms with Crippen LogP contribution >= 0.6 is 0 Å². The summed E-state index contributed by atoms with van der Waals surface area (Å²) in [7, 11) is -3.80. The second-order valence-electron chi connectivity index (χ2n) is 4.70. The Hall–Kier alpha value is -0.470. The summed E-state index contributed by atoms with van der Waals surface area (Å²) in [5, 5.41) is 3.07. The molecule has 2 rings (SSSR count). The van der Waals surface area contributed by atoms with E-state index in [-0.39, 0.29) is 29.9 Å². The van der Waals surface area contributed by atoms with Gasteiger partial charge in [-0.1, -0.05) is 0 Å². The first-order valence-corrected chi connectivity index (χ1v) is 9.34. The molecule has 0 bridgehead atoms. The highest BCUT2D eigenvalue weighted by Gasteiger charge is 2.28. The number of carbonyl (C=O) groups excluding carboxylic acids is 1. The average Bonchev–Trinajstić information content (AvgIpc) is 2.28. The number of carbonyl (C=O) groups is 1. The van der Waals surface area contributed by atoms with Crippen molar-refractivity contribution in [1.82, 2.24) is 10.2 Å². The molecule has 2 aliphatic rings. The van der Waals surface area contributed by atoms with E-state index in [1.165, 1.54) is 0 Å². The maximum atomic E-state index is 12.0. The van der Waals surface area contributed by atoms with Gasteiger partial charge in [0, 0.05) is 54.4 Å². The SMILES string of the molecule is O=C(CC1CS(=O)(=O)CCN1)N1CCS(=O)CC1. The van der Waals surface area contributed by atoms with Crippen LogP contribution in [-0.4, -0.2) is 72.1 Å². The van der Waals surface area contributed by atoms with Crippen LogP contribution in [0.3, 0.4) is 0 Å². The third-order valence-electron chi connectivity index (χ3n) is 3.25. The summed E-state index contributed by atoms with van der Waals surface area (Å²) in [5.74, 6) is 1.21. The van der Waals surface area contributed by atoms with Crippen molar-refractivity contribution in [2.75, 3.05) is 42.6 Å². The molecule has 1 unspecified atom stereocenters. The van der Waals surface area contributed by atoms with Crippen LogP contribution in [-0.2, 0) is 25.4 Å². The summed E-state index contributed by atoms with van der Waals surface area (Å²) in [6.07, 6.45) is 0.214. The topological polar surface area (TPSA) is 83.6 Å². The van der Waals surface area contributed by atoms with Gasteiger partial charge in [-0.2, -0.15) is 0 Å². The zero-order valence-corrected chi connectivity index (χ0v) is 11.8. The molecule has 0 aromatic heterocycles. The summed E-state index contributed by atoms with van der Waals surface area (Å²) in [6.45, 7) is 1.46. The third kappa shape index (κ3) is 3.76. The van der Waals surface area contributed by atoms with E-state index in [9.17, 15) is 17.4 Å². The zero-order chi connectivity index (χ0) is 13.2. The van der Waals surface area contributed by atoms with Gasteiger partial charge in [0.25, 0.3) is 0 Å². The molecule has 6 nitrogen and oxygen atoms in total. The van der Waals surface area contributed by atoms with Crippen molar-refractivity contribution in [2.24, 2.45) is 0 Å². The second-order valence-corrected chi connectivity index (χ2v) is 8.62. The largest absolute Gasteiger partial charge is 0.341 e. The van der Waals surface area contributed by atoms with E-state index in [1.807, 2.05) is 0 Å². The summed E-state index contributed by atoms with van der Waals surface area (Å²) in [4.78, 5) is 13.7. The molecule has 104 valence electrons. The standard InChI is InChI=1S/C10H18N2O4S2/c13-10(12-2-4-17(14)5-3-12)7-9-8-18(15,16)6-1-11-9/h9,11H,1-8H2. The van der Waals surface area contributed by atoms with Crippen LogP contribution in [0.1, 0.15) is 6.42 Å². The molecule has 1 atom stereocenters. The molecular weight excluding hydrogens is 276 g/mol. The molecule has 0 aromatic rings. The third-order valence-corrected chi connectivity index (χ3v) is 6.26. The maximum absolute atomic E-state index is 12.0. The molecule has 0 aliphatic carbocycles. The highest BCUT2D eigenvalue weighted by atomic mass is 32.2. The number of hydrogen-bond acceptors (Lipinski definition) is 5. The van der Waals surface area contributed by atoms with Crippen LogP contribution < -0.4 is 5.32 Å². The molecular formula is C10H18N2O4S2. The second kappa shape index (κ2) is 5.66. The van der Waals surface area contributed by atoms with E-state index < -0.39 is 20.6 Å². The fourth-order valence-corrected chi connectivity index (χ4v) is 4.72. The molecule has 2 saturated heterocycles. The van der Waals surface area contributed by atoms with E-state index in [0.29, 0.717) is 31.1 Å². The van der Waals surface area contributed by atoms with Gasteiger partial charge < -0.3 is 10.2 Å². The molecule has 8 heteroatoms. The van der Waals surface area contributed by atoms with Gasteiger partial charge in [0.2, 0.25) is 5.91 Å². The normalized spacial score (nSPS) is 29.1. The van der Waals surface area contributed by atoms with Crippen molar-refractivity contribution < 1.29 is 17.4 Å². The van der Waals surface area contributed by atoms with E-state index in [0.717, 1.165) is 0 Å². The Kier molecular flexibility index (Phi) is 4.39. The van der Waals surface area contributed by atoms with Crippen LogP contribution in [0.4, 0.5) is 0 Å². The smallest absolute Gasteiger partial charge is 0.224 e. The molecule has 2 heterocycles. The Bertz CT molecular complexity index is 439. The first-order chi connectivity index (χ1) is 8.46. The number of amides is 1. The van der Waals surface area contributed by atoms with Gasteiger partial charge in [-0.05, 0) is 0 Å². The molecule has 1 N–H and O–H groups in total. The first-order valence-electron chi connectivity index (χ1n) is 6.03. The lowest BCUT2D eigenvalue weighted by Gasteiger charge is -2.29.